The van der Waals surface area contributed by atoms with Crippen LogP contribution >= 0.6 is 11.3 Å². The maximum absolute atomic E-state index is 12.5. The molecule has 9 aromatic rings. The molecular formula is C40H24N2O2S. The molecule has 0 bridgehead atoms. The van der Waals surface area contributed by atoms with Crippen molar-refractivity contribution in [2.75, 3.05) is 0 Å². The Morgan fingerprint density at radius 3 is 2.09 bits per heavy atom. The van der Waals surface area contributed by atoms with E-state index in [2.05, 4.69) is 108 Å². The van der Waals surface area contributed by atoms with Gasteiger partial charge in [-0.25, -0.2) is 0 Å². The van der Waals surface area contributed by atoms with Crippen LogP contribution in [0.25, 0.3) is 80.7 Å². The van der Waals surface area contributed by atoms with Gasteiger partial charge in [0.2, 0.25) is 0 Å². The molecular weight excluding hydrogens is 573 g/mol. The Hall–Kier alpha value is -5.78. The number of rotatable bonds is 4. The SMILES string of the molecule is O=[N+]([O-])c1cc(-c2ccc3c(c2)c2ccccc2n3-c2ccccc2)ccc1-c1ccc2sc3c4ccccc4ccc3c2c1. The number of aromatic nitrogens is 1. The van der Waals surface area contributed by atoms with E-state index < -0.39 is 0 Å². The largest absolute Gasteiger partial charge is 0.309 e. The van der Waals surface area contributed by atoms with Gasteiger partial charge < -0.3 is 4.57 Å². The number of nitrogens with zero attached hydrogens (tertiary/aromatic N) is 2. The van der Waals surface area contributed by atoms with Crippen LogP contribution in [-0.4, -0.2) is 9.49 Å². The van der Waals surface area contributed by atoms with Crippen LogP contribution in [0.3, 0.4) is 0 Å². The van der Waals surface area contributed by atoms with Crippen LogP contribution in [0.2, 0.25) is 0 Å². The van der Waals surface area contributed by atoms with Crippen LogP contribution in [0, 0.1) is 10.1 Å². The molecule has 0 atom stereocenters. The van der Waals surface area contributed by atoms with Crippen LogP contribution in [0.15, 0.2) is 146 Å². The Kier molecular flexibility index (Phi) is 5.64. The molecule has 0 aliphatic rings. The minimum atomic E-state index is -0.262. The van der Waals surface area contributed by atoms with E-state index in [9.17, 15) is 10.1 Å². The van der Waals surface area contributed by atoms with E-state index in [1.54, 1.807) is 17.4 Å². The van der Waals surface area contributed by atoms with Crippen molar-refractivity contribution in [2.24, 2.45) is 0 Å². The molecule has 0 unspecified atom stereocenters. The maximum atomic E-state index is 12.5. The standard InChI is InChI=1S/C40H24N2O2S/c43-42(44)38-24-27(26-16-20-37-34(22-26)32-12-6-7-13-36(32)41(37)29-9-2-1-3-10-29)15-18-30(38)28-17-21-39-35(23-28)33-19-14-25-8-4-5-11-31(25)40(33)45-39/h1-24H. The van der Waals surface area contributed by atoms with Crippen molar-refractivity contribution in [3.05, 3.63) is 156 Å². The number of hydrogen-bond donors (Lipinski definition) is 0. The second-order valence-corrected chi connectivity index (χ2v) is 12.4. The molecule has 9 rings (SSSR count). The number of nitro groups is 1. The molecule has 0 saturated heterocycles. The minimum Gasteiger partial charge on any atom is -0.309 e. The highest BCUT2D eigenvalue weighted by molar-refractivity contribution is 7.26. The molecule has 45 heavy (non-hydrogen) atoms. The van der Waals surface area contributed by atoms with Gasteiger partial charge in [-0.15, -0.1) is 11.3 Å². The quantitative estimate of drug-likeness (QED) is 0.150. The predicted octanol–water partition coefficient (Wildman–Crippen LogP) is 11.5. The van der Waals surface area contributed by atoms with E-state index in [4.69, 9.17) is 0 Å². The first-order chi connectivity index (χ1) is 22.1. The Bertz CT molecular complexity index is 2630. The van der Waals surface area contributed by atoms with Crippen molar-refractivity contribution in [2.45, 2.75) is 0 Å². The summed E-state index contributed by atoms with van der Waals surface area (Å²) in [5, 5.41) is 19.5. The second kappa shape index (κ2) is 9.88. The van der Waals surface area contributed by atoms with Gasteiger partial charge in [0.1, 0.15) is 0 Å². The number of fused-ring (bicyclic) bond motifs is 8. The summed E-state index contributed by atoms with van der Waals surface area (Å²) in [5.74, 6) is 0. The Balaban J connectivity index is 1.18. The average Bonchev–Trinajstić information content (AvgIpc) is 3.63. The zero-order chi connectivity index (χ0) is 30.1. The van der Waals surface area contributed by atoms with E-state index in [1.807, 2.05) is 36.4 Å². The Morgan fingerprint density at radius 2 is 1.22 bits per heavy atom. The summed E-state index contributed by atoms with van der Waals surface area (Å²) in [6.45, 7) is 0. The van der Waals surface area contributed by atoms with Crippen molar-refractivity contribution in [1.29, 1.82) is 0 Å². The van der Waals surface area contributed by atoms with Crippen LogP contribution in [0.5, 0.6) is 0 Å². The van der Waals surface area contributed by atoms with Gasteiger partial charge in [-0.05, 0) is 76.0 Å². The molecule has 0 fully saturated rings. The fourth-order valence-electron chi connectivity index (χ4n) is 6.79. The van der Waals surface area contributed by atoms with Gasteiger partial charge in [0.05, 0.1) is 21.5 Å². The zero-order valence-corrected chi connectivity index (χ0v) is 24.8. The number of nitro benzene ring substituents is 1. The first kappa shape index (κ1) is 25.7. The molecule has 0 spiro atoms. The molecule has 2 heterocycles. The molecule has 212 valence electrons. The maximum Gasteiger partial charge on any atom is 0.277 e. The van der Waals surface area contributed by atoms with Crippen LogP contribution < -0.4 is 0 Å². The number of benzene rings is 7. The average molecular weight is 597 g/mol. The molecule has 0 aliphatic heterocycles. The molecule has 0 aliphatic carbocycles. The summed E-state index contributed by atoms with van der Waals surface area (Å²) in [6, 6.07) is 49.6. The smallest absolute Gasteiger partial charge is 0.277 e. The molecule has 0 amide bonds. The number of para-hydroxylation sites is 2. The lowest BCUT2D eigenvalue weighted by atomic mass is 9.96. The molecule has 0 radical (unpaired) electrons. The lowest BCUT2D eigenvalue weighted by molar-refractivity contribution is -0.384. The van der Waals surface area contributed by atoms with Gasteiger partial charge >= 0.3 is 0 Å². The first-order valence-corrected chi connectivity index (χ1v) is 15.7. The summed E-state index contributed by atoms with van der Waals surface area (Å²) in [6.07, 6.45) is 0. The Morgan fingerprint density at radius 1 is 0.533 bits per heavy atom. The van der Waals surface area contributed by atoms with Crippen molar-refractivity contribution >= 4 is 69.8 Å². The lowest BCUT2D eigenvalue weighted by Crippen LogP contribution is -1.94. The summed E-state index contributed by atoms with van der Waals surface area (Å²) < 4.78 is 4.69. The monoisotopic (exact) mass is 596 g/mol. The summed E-state index contributed by atoms with van der Waals surface area (Å²) in [4.78, 5) is 12.2. The predicted molar refractivity (Wildman–Crippen MR) is 189 cm³/mol. The highest BCUT2D eigenvalue weighted by atomic mass is 32.1. The van der Waals surface area contributed by atoms with Crippen molar-refractivity contribution < 1.29 is 4.92 Å². The summed E-state index contributed by atoms with van der Waals surface area (Å²) in [5.41, 5.74) is 6.64. The van der Waals surface area contributed by atoms with Gasteiger partial charge in [0, 0.05) is 42.7 Å². The molecule has 7 aromatic carbocycles. The third-order valence-corrected chi connectivity index (χ3v) is 10.1. The fraction of sp³-hybridized carbons (Fsp3) is 0. The van der Waals surface area contributed by atoms with Gasteiger partial charge in [0.25, 0.3) is 5.69 Å². The normalized spacial score (nSPS) is 11.7. The summed E-state index contributed by atoms with van der Waals surface area (Å²) >= 11 is 1.77. The zero-order valence-electron chi connectivity index (χ0n) is 24.0. The third-order valence-electron chi connectivity index (χ3n) is 8.89. The number of thiophene rings is 1. The molecule has 0 saturated carbocycles. The van der Waals surface area contributed by atoms with Crippen LogP contribution in [0.4, 0.5) is 5.69 Å². The van der Waals surface area contributed by atoms with Crippen LogP contribution in [-0.2, 0) is 0 Å². The third kappa shape index (κ3) is 3.98. The van der Waals surface area contributed by atoms with E-state index in [0.29, 0.717) is 5.56 Å². The van der Waals surface area contributed by atoms with Crippen molar-refractivity contribution in [3.63, 3.8) is 0 Å². The summed E-state index contributed by atoms with van der Waals surface area (Å²) in [7, 11) is 0. The second-order valence-electron chi connectivity index (χ2n) is 11.4. The van der Waals surface area contributed by atoms with Crippen molar-refractivity contribution in [3.8, 4) is 27.9 Å². The van der Waals surface area contributed by atoms with E-state index in [-0.39, 0.29) is 10.6 Å². The first-order valence-electron chi connectivity index (χ1n) is 14.9. The van der Waals surface area contributed by atoms with Gasteiger partial charge in [-0.1, -0.05) is 91.0 Å². The topological polar surface area (TPSA) is 48.1 Å². The lowest BCUT2D eigenvalue weighted by Gasteiger charge is -2.09. The molecule has 2 aromatic heterocycles. The highest BCUT2D eigenvalue weighted by Crippen LogP contribution is 2.42. The van der Waals surface area contributed by atoms with Gasteiger partial charge in [-0.3, -0.25) is 10.1 Å². The molecule has 0 N–H and O–H groups in total. The van der Waals surface area contributed by atoms with Crippen LogP contribution in [0.1, 0.15) is 0 Å². The Labute approximate surface area is 262 Å². The van der Waals surface area contributed by atoms with Crippen molar-refractivity contribution in [1.82, 2.24) is 4.57 Å². The van der Waals surface area contributed by atoms with Gasteiger partial charge in [-0.2, -0.15) is 0 Å². The van der Waals surface area contributed by atoms with Gasteiger partial charge in [0.15, 0.2) is 0 Å². The number of hydrogen-bond acceptors (Lipinski definition) is 3. The van der Waals surface area contributed by atoms with E-state index in [1.165, 1.54) is 25.6 Å². The van der Waals surface area contributed by atoms with E-state index >= 15 is 0 Å². The highest BCUT2D eigenvalue weighted by Gasteiger charge is 2.20. The molecule has 4 nitrogen and oxygen atoms in total. The molecule has 5 heteroatoms. The fourth-order valence-corrected chi connectivity index (χ4v) is 8.00. The van der Waals surface area contributed by atoms with E-state index in [0.717, 1.165) is 49.6 Å². The minimum absolute atomic E-state index is 0.101.